The van der Waals surface area contributed by atoms with E-state index in [0.29, 0.717) is 24.3 Å². The first kappa shape index (κ1) is 27.1. The Labute approximate surface area is 224 Å². The Hall–Kier alpha value is -2.91. The summed E-state index contributed by atoms with van der Waals surface area (Å²) in [6.07, 6.45) is -0.408. The first-order valence-electron chi connectivity index (χ1n) is 11.8. The SMILES string of the molecule is COc1cccc(F)c1-c1c(Cl)cc2c(N3C[C@@H](C)N(C(=O)OC(C)(C)C)C[C@@H]3C)nc(Cl)nc2c1F. The van der Waals surface area contributed by atoms with Crippen LogP contribution in [0.25, 0.3) is 22.0 Å². The molecule has 1 fully saturated rings. The number of methoxy groups -OCH3 is 1. The Bertz CT molecular complexity index is 1370. The number of anilines is 1. The summed E-state index contributed by atoms with van der Waals surface area (Å²) in [6.45, 7) is 9.98. The fourth-order valence-electron chi connectivity index (χ4n) is 4.52. The highest BCUT2D eigenvalue weighted by atomic mass is 35.5. The minimum atomic E-state index is -0.843. The van der Waals surface area contributed by atoms with E-state index >= 15 is 4.39 Å². The standard InChI is InChI=1S/C26H28Cl2F2N4O3/c1-13-12-34(25(35)37-26(3,4)5)14(2)11-33(13)23-15-10-16(27)19(21(30)22(15)31-24(28)32-23)20-17(29)8-7-9-18(20)36-6/h7-10,13-14H,11-12H2,1-6H3/t13-,14+/m0/s1. The smallest absolute Gasteiger partial charge is 0.410 e. The molecule has 2 aromatic carbocycles. The van der Waals surface area contributed by atoms with E-state index in [1.165, 1.54) is 31.4 Å². The lowest BCUT2D eigenvalue weighted by Crippen LogP contribution is -2.59. The summed E-state index contributed by atoms with van der Waals surface area (Å²) in [6, 6.07) is 5.22. The third kappa shape index (κ3) is 5.25. The van der Waals surface area contributed by atoms with Crippen LogP contribution in [0.1, 0.15) is 34.6 Å². The van der Waals surface area contributed by atoms with Gasteiger partial charge in [-0.15, -0.1) is 0 Å². The fourth-order valence-corrected chi connectivity index (χ4v) is 4.97. The normalized spacial score (nSPS) is 18.3. The molecular formula is C26H28Cl2F2N4O3. The molecule has 1 aliphatic rings. The van der Waals surface area contributed by atoms with E-state index in [1.54, 1.807) is 4.90 Å². The summed E-state index contributed by atoms with van der Waals surface area (Å²) >= 11 is 12.8. The summed E-state index contributed by atoms with van der Waals surface area (Å²) in [5, 5.41) is 0.106. The average molecular weight is 553 g/mol. The van der Waals surface area contributed by atoms with E-state index in [4.69, 9.17) is 32.7 Å². The Morgan fingerprint density at radius 1 is 1.08 bits per heavy atom. The topological polar surface area (TPSA) is 67.8 Å². The third-order valence-corrected chi connectivity index (χ3v) is 6.63. The number of benzene rings is 2. The van der Waals surface area contributed by atoms with Gasteiger partial charge < -0.3 is 19.3 Å². The van der Waals surface area contributed by atoms with Crippen molar-refractivity contribution in [1.29, 1.82) is 0 Å². The van der Waals surface area contributed by atoms with E-state index in [2.05, 4.69) is 9.97 Å². The van der Waals surface area contributed by atoms with Crippen LogP contribution in [0, 0.1) is 11.6 Å². The maximum absolute atomic E-state index is 16.0. The van der Waals surface area contributed by atoms with Gasteiger partial charge >= 0.3 is 6.09 Å². The van der Waals surface area contributed by atoms with Gasteiger partial charge in [-0.3, -0.25) is 0 Å². The maximum atomic E-state index is 16.0. The Morgan fingerprint density at radius 2 is 1.78 bits per heavy atom. The van der Waals surface area contributed by atoms with Gasteiger partial charge in [0.1, 0.15) is 28.5 Å². The highest BCUT2D eigenvalue weighted by Crippen LogP contribution is 2.43. The van der Waals surface area contributed by atoms with Crippen LogP contribution in [0.4, 0.5) is 19.4 Å². The van der Waals surface area contributed by atoms with Crippen LogP contribution in [0.15, 0.2) is 24.3 Å². The van der Waals surface area contributed by atoms with Gasteiger partial charge in [0.25, 0.3) is 0 Å². The molecular weight excluding hydrogens is 525 g/mol. The molecule has 2 atom stereocenters. The molecule has 198 valence electrons. The quantitative estimate of drug-likeness (QED) is 0.336. The molecule has 0 aliphatic carbocycles. The largest absolute Gasteiger partial charge is 0.496 e. The predicted molar refractivity (Wildman–Crippen MR) is 141 cm³/mol. The van der Waals surface area contributed by atoms with E-state index in [9.17, 15) is 9.18 Å². The monoisotopic (exact) mass is 552 g/mol. The Kier molecular flexibility index (Phi) is 7.41. The van der Waals surface area contributed by atoms with E-state index < -0.39 is 23.3 Å². The summed E-state index contributed by atoms with van der Waals surface area (Å²) in [7, 11) is 1.36. The number of amides is 1. The lowest BCUT2D eigenvalue weighted by Gasteiger charge is -2.44. The highest BCUT2D eigenvalue weighted by Gasteiger charge is 2.36. The first-order chi connectivity index (χ1) is 17.3. The van der Waals surface area contributed by atoms with Crippen LogP contribution in [-0.2, 0) is 4.74 Å². The van der Waals surface area contributed by atoms with Gasteiger partial charge in [0.15, 0.2) is 5.82 Å². The van der Waals surface area contributed by atoms with Crippen molar-refractivity contribution in [2.24, 2.45) is 0 Å². The number of hydrogen-bond donors (Lipinski definition) is 0. The number of aromatic nitrogens is 2. The molecule has 4 rings (SSSR count). The molecule has 0 spiro atoms. The lowest BCUT2D eigenvalue weighted by molar-refractivity contribution is 0.0130. The number of rotatable bonds is 3. The van der Waals surface area contributed by atoms with Crippen molar-refractivity contribution in [1.82, 2.24) is 14.9 Å². The number of carbonyl (C=O) groups excluding carboxylic acids is 1. The van der Waals surface area contributed by atoms with Gasteiger partial charge in [-0.05, 0) is 64.4 Å². The number of carbonyl (C=O) groups is 1. The molecule has 0 unspecified atom stereocenters. The Morgan fingerprint density at radius 3 is 2.43 bits per heavy atom. The van der Waals surface area contributed by atoms with Crippen molar-refractivity contribution >= 4 is 46.0 Å². The van der Waals surface area contributed by atoms with E-state index in [0.717, 1.165) is 0 Å². The number of hydrogen-bond acceptors (Lipinski definition) is 6. The third-order valence-electron chi connectivity index (χ3n) is 6.17. The van der Waals surface area contributed by atoms with Crippen molar-refractivity contribution in [3.05, 3.63) is 46.2 Å². The number of nitrogens with zero attached hydrogens (tertiary/aromatic N) is 4. The molecule has 11 heteroatoms. The molecule has 1 amide bonds. The van der Waals surface area contributed by atoms with Crippen LogP contribution in [0.3, 0.4) is 0 Å². The number of ether oxygens (including phenoxy) is 2. The van der Waals surface area contributed by atoms with Crippen molar-refractivity contribution in [3.8, 4) is 16.9 Å². The zero-order chi connectivity index (χ0) is 27.2. The molecule has 0 N–H and O–H groups in total. The van der Waals surface area contributed by atoms with Gasteiger partial charge in [0.2, 0.25) is 5.28 Å². The first-order valence-corrected chi connectivity index (χ1v) is 12.5. The zero-order valence-electron chi connectivity index (χ0n) is 21.4. The predicted octanol–water partition coefficient (Wildman–Crippen LogP) is 6.72. The van der Waals surface area contributed by atoms with Crippen molar-refractivity contribution in [2.45, 2.75) is 52.3 Å². The maximum Gasteiger partial charge on any atom is 0.410 e. The molecule has 3 aromatic rings. The minimum absolute atomic E-state index is 0.0336. The number of piperazine rings is 1. The molecule has 37 heavy (non-hydrogen) atoms. The zero-order valence-corrected chi connectivity index (χ0v) is 22.9. The van der Waals surface area contributed by atoms with Gasteiger partial charge in [-0.25, -0.2) is 18.6 Å². The van der Waals surface area contributed by atoms with Crippen LogP contribution in [0.2, 0.25) is 10.3 Å². The number of fused-ring (bicyclic) bond motifs is 1. The van der Waals surface area contributed by atoms with Crippen molar-refractivity contribution in [3.63, 3.8) is 0 Å². The molecule has 7 nitrogen and oxygen atoms in total. The molecule has 0 radical (unpaired) electrons. The van der Waals surface area contributed by atoms with E-state index in [1.807, 2.05) is 39.5 Å². The second kappa shape index (κ2) is 10.1. The Balaban J connectivity index is 1.80. The van der Waals surface area contributed by atoms with Gasteiger partial charge in [-0.2, -0.15) is 4.98 Å². The average Bonchev–Trinajstić information content (AvgIpc) is 2.80. The number of halogens is 4. The van der Waals surface area contributed by atoms with Crippen LogP contribution in [-0.4, -0.2) is 58.8 Å². The van der Waals surface area contributed by atoms with Crippen LogP contribution < -0.4 is 9.64 Å². The molecule has 1 aliphatic heterocycles. The van der Waals surface area contributed by atoms with Crippen LogP contribution in [0.5, 0.6) is 5.75 Å². The molecule has 1 saturated heterocycles. The summed E-state index contributed by atoms with van der Waals surface area (Å²) < 4.78 is 41.6. The molecule has 0 saturated carbocycles. The highest BCUT2D eigenvalue weighted by molar-refractivity contribution is 6.34. The van der Waals surface area contributed by atoms with Gasteiger partial charge in [0.05, 0.1) is 17.7 Å². The van der Waals surface area contributed by atoms with E-state index in [-0.39, 0.29) is 44.8 Å². The van der Waals surface area contributed by atoms with Crippen molar-refractivity contribution < 1.29 is 23.0 Å². The molecule has 1 aromatic heterocycles. The second-order valence-electron chi connectivity index (χ2n) is 10.1. The summed E-state index contributed by atoms with van der Waals surface area (Å²) in [5.41, 5.74) is -1.02. The van der Waals surface area contributed by atoms with Crippen LogP contribution >= 0.6 is 23.2 Å². The minimum Gasteiger partial charge on any atom is -0.496 e. The summed E-state index contributed by atoms with van der Waals surface area (Å²) in [5.74, 6) is -1.04. The van der Waals surface area contributed by atoms with Gasteiger partial charge in [-0.1, -0.05) is 17.7 Å². The molecule has 2 heterocycles. The van der Waals surface area contributed by atoms with Gasteiger partial charge in [0, 0.05) is 36.1 Å². The summed E-state index contributed by atoms with van der Waals surface area (Å²) in [4.78, 5) is 24.9. The fraction of sp³-hybridized carbons (Fsp3) is 0.423. The lowest BCUT2D eigenvalue weighted by atomic mass is 10.0. The molecule has 0 bridgehead atoms. The van der Waals surface area contributed by atoms with Crippen molar-refractivity contribution in [2.75, 3.05) is 25.1 Å². The second-order valence-corrected chi connectivity index (χ2v) is 10.8.